The molecule has 1 aromatic heterocycles. The number of β-amino-alcohol motifs (C(OH)–C–C–N with tert-alkyl or cyclic N) is 1. The quantitative estimate of drug-likeness (QED) is 0.850. The molecule has 0 radical (unpaired) electrons. The van der Waals surface area contributed by atoms with Crippen molar-refractivity contribution in [3.8, 4) is 5.75 Å². The number of benzene rings is 1. The van der Waals surface area contributed by atoms with Crippen LogP contribution in [0.15, 0.2) is 30.5 Å². The van der Waals surface area contributed by atoms with E-state index in [2.05, 4.69) is 9.88 Å². The number of piperidine rings is 1. The summed E-state index contributed by atoms with van der Waals surface area (Å²) >= 11 is 0. The second-order valence-electron chi connectivity index (χ2n) is 7.66. The lowest BCUT2D eigenvalue weighted by Crippen LogP contribution is -2.50. The Morgan fingerprint density at radius 3 is 2.65 bits per heavy atom. The number of sulfone groups is 1. The molecule has 0 saturated carbocycles. The maximum absolute atomic E-state index is 11.6. The van der Waals surface area contributed by atoms with Crippen LogP contribution in [0.5, 0.6) is 5.75 Å². The predicted molar refractivity (Wildman–Crippen MR) is 101 cm³/mol. The third kappa shape index (κ3) is 3.89. The van der Waals surface area contributed by atoms with E-state index in [9.17, 15) is 13.5 Å². The van der Waals surface area contributed by atoms with Gasteiger partial charge in [-0.25, -0.2) is 8.42 Å². The summed E-state index contributed by atoms with van der Waals surface area (Å²) in [6.07, 6.45) is 4.62. The standard InChI is InChI=1S/C19H26N2O4S/c22-19(7-12-26(23,24)13-8-19)14-21-10-5-15(6-11-21)25-18-3-1-2-17-16(18)4-9-20-17/h1-4,9,15,20,22H,5-8,10-14H2. The van der Waals surface area contributed by atoms with E-state index in [0.717, 1.165) is 42.6 Å². The molecular weight excluding hydrogens is 352 g/mol. The van der Waals surface area contributed by atoms with Crippen LogP contribution in [0.2, 0.25) is 0 Å². The molecule has 0 spiro atoms. The van der Waals surface area contributed by atoms with Gasteiger partial charge < -0.3 is 19.7 Å². The Morgan fingerprint density at radius 1 is 1.19 bits per heavy atom. The largest absolute Gasteiger partial charge is 0.490 e. The van der Waals surface area contributed by atoms with Crippen molar-refractivity contribution in [1.29, 1.82) is 0 Å². The first-order valence-electron chi connectivity index (χ1n) is 9.30. The van der Waals surface area contributed by atoms with Crippen LogP contribution in [0.4, 0.5) is 0 Å². The highest BCUT2D eigenvalue weighted by Crippen LogP contribution is 2.29. The predicted octanol–water partition coefficient (Wildman–Crippen LogP) is 1.95. The summed E-state index contributed by atoms with van der Waals surface area (Å²) in [5, 5.41) is 11.8. The van der Waals surface area contributed by atoms with Crippen LogP contribution in [0.3, 0.4) is 0 Å². The van der Waals surface area contributed by atoms with Crippen LogP contribution >= 0.6 is 0 Å². The Morgan fingerprint density at radius 2 is 1.92 bits per heavy atom. The van der Waals surface area contributed by atoms with Gasteiger partial charge in [-0.2, -0.15) is 0 Å². The summed E-state index contributed by atoms with van der Waals surface area (Å²) in [4.78, 5) is 5.45. The SMILES string of the molecule is O=S1(=O)CCC(O)(CN2CCC(Oc3cccc4[nH]ccc34)CC2)CC1. The van der Waals surface area contributed by atoms with Gasteiger partial charge in [-0.3, -0.25) is 0 Å². The highest BCUT2D eigenvalue weighted by Gasteiger charge is 2.37. The number of aromatic nitrogens is 1. The van der Waals surface area contributed by atoms with Gasteiger partial charge in [0.2, 0.25) is 0 Å². The van der Waals surface area contributed by atoms with Crippen LogP contribution in [0.25, 0.3) is 10.9 Å². The van der Waals surface area contributed by atoms with Gasteiger partial charge in [-0.05, 0) is 43.9 Å². The van der Waals surface area contributed by atoms with E-state index in [0.29, 0.717) is 19.4 Å². The van der Waals surface area contributed by atoms with Gasteiger partial charge in [0.15, 0.2) is 9.84 Å². The molecular formula is C19H26N2O4S. The molecule has 0 bridgehead atoms. The number of nitrogens with zero attached hydrogens (tertiary/aromatic N) is 1. The number of ether oxygens (including phenoxy) is 1. The Kier molecular flexibility index (Phi) is 4.71. The smallest absolute Gasteiger partial charge is 0.150 e. The van der Waals surface area contributed by atoms with Gasteiger partial charge >= 0.3 is 0 Å². The molecule has 4 rings (SSSR count). The molecule has 0 aliphatic carbocycles. The molecule has 2 saturated heterocycles. The number of nitrogens with one attached hydrogen (secondary N) is 1. The summed E-state index contributed by atoms with van der Waals surface area (Å²) < 4.78 is 29.4. The lowest BCUT2D eigenvalue weighted by Gasteiger charge is -2.39. The Balaban J connectivity index is 1.31. The normalized spacial score (nSPS) is 23.9. The van der Waals surface area contributed by atoms with Gasteiger partial charge in [0.25, 0.3) is 0 Å². The van der Waals surface area contributed by atoms with Gasteiger partial charge in [0, 0.05) is 36.7 Å². The van der Waals surface area contributed by atoms with Gasteiger partial charge in [-0.15, -0.1) is 0 Å². The van der Waals surface area contributed by atoms with Crippen molar-refractivity contribution in [2.24, 2.45) is 0 Å². The van der Waals surface area contributed by atoms with E-state index in [4.69, 9.17) is 4.74 Å². The van der Waals surface area contributed by atoms with E-state index < -0.39 is 15.4 Å². The van der Waals surface area contributed by atoms with Crippen LogP contribution < -0.4 is 4.74 Å². The number of fused-ring (bicyclic) bond motifs is 1. The zero-order valence-electron chi connectivity index (χ0n) is 14.9. The maximum atomic E-state index is 11.6. The molecule has 6 nitrogen and oxygen atoms in total. The number of likely N-dealkylation sites (tertiary alicyclic amines) is 1. The van der Waals surface area contributed by atoms with Crippen molar-refractivity contribution in [1.82, 2.24) is 9.88 Å². The van der Waals surface area contributed by atoms with Gasteiger partial charge in [0.1, 0.15) is 11.9 Å². The van der Waals surface area contributed by atoms with Crippen molar-refractivity contribution in [2.75, 3.05) is 31.1 Å². The lowest BCUT2D eigenvalue weighted by atomic mass is 9.94. The zero-order valence-corrected chi connectivity index (χ0v) is 15.7. The van der Waals surface area contributed by atoms with Crippen LogP contribution in [0, 0.1) is 0 Å². The molecule has 2 fully saturated rings. The van der Waals surface area contributed by atoms with Crippen molar-refractivity contribution in [3.05, 3.63) is 30.5 Å². The molecule has 1 aromatic carbocycles. The number of aromatic amines is 1. The third-order valence-electron chi connectivity index (χ3n) is 5.66. The number of hydrogen-bond donors (Lipinski definition) is 2. The van der Waals surface area contributed by atoms with E-state index in [-0.39, 0.29) is 17.6 Å². The molecule has 0 unspecified atom stereocenters. The first-order chi connectivity index (χ1) is 12.4. The fourth-order valence-corrected chi connectivity index (χ4v) is 5.60. The maximum Gasteiger partial charge on any atom is 0.150 e. The molecule has 3 heterocycles. The van der Waals surface area contributed by atoms with E-state index >= 15 is 0 Å². The lowest BCUT2D eigenvalue weighted by molar-refractivity contribution is -0.0184. The second-order valence-corrected chi connectivity index (χ2v) is 9.97. The van der Waals surface area contributed by atoms with Crippen LogP contribution in [-0.4, -0.2) is 66.3 Å². The summed E-state index contributed by atoms with van der Waals surface area (Å²) in [5.74, 6) is 1.12. The Labute approximate surface area is 154 Å². The zero-order chi connectivity index (χ0) is 18.2. The number of hydrogen-bond acceptors (Lipinski definition) is 5. The Bertz CT molecular complexity index is 855. The molecule has 2 aliphatic rings. The first-order valence-corrected chi connectivity index (χ1v) is 11.1. The molecule has 7 heteroatoms. The topological polar surface area (TPSA) is 82.6 Å². The first kappa shape index (κ1) is 17.8. The molecule has 2 aromatic rings. The average Bonchev–Trinajstić information content (AvgIpc) is 3.10. The number of H-pyrrole nitrogens is 1. The van der Waals surface area contributed by atoms with E-state index in [1.807, 2.05) is 30.5 Å². The van der Waals surface area contributed by atoms with Crippen molar-refractivity contribution < 1.29 is 18.3 Å². The molecule has 142 valence electrons. The molecule has 0 amide bonds. The highest BCUT2D eigenvalue weighted by molar-refractivity contribution is 7.91. The van der Waals surface area contributed by atoms with Gasteiger partial charge in [0.05, 0.1) is 17.1 Å². The van der Waals surface area contributed by atoms with Crippen molar-refractivity contribution >= 4 is 20.7 Å². The molecule has 26 heavy (non-hydrogen) atoms. The van der Waals surface area contributed by atoms with E-state index in [1.165, 1.54) is 0 Å². The monoisotopic (exact) mass is 378 g/mol. The molecule has 2 aliphatic heterocycles. The number of rotatable bonds is 4. The minimum atomic E-state index is -2.95. The number of aliphatic hydroxyl groups is 1. The highest BCUT2D eigenvalue weighted by atomic mass is 32.2. The summed E-state index contributed by atoms with van der Waals surface area (Å²) in [6.45, 7) is 2.29. The van der Waals surface area contributed by atoms with Crippen molar-refractivity contribution in [3.63, 3.8) is 0 Å². The minimum absolute atomic E-state index is 0.101. The minimum Gasteiger partial charge on any atom is -0.490 e. The third-order valence-corrected chi connectivity index (χ3v) is 7.31. The van der Waals surface area contributed by atoms with Crippen LogP contribution in [-0.2, 0) is 9.84 Å². The molecule has 2 N–H and O–H groups in total. The van der Waals surface area contributed by atoms with Crippen LogP contribution in [0.1, 0.15) is 25.7 Å². The Hall–Kier alpha value is -1.57. The summed E-state index contributed by atoms with van der Waals surface area (Å²) in [7, 11) is -2.95. The van der Waals surface area contributed by atoms with Crippen molar-refractivity contribution in [2.45, 2.75) is 37.4 Å². The van der Waals surface area contributed by atoms with Gasteiger partial charge in [-0.1, -0.05) is 6.07 Å². The molecule has 0 atom stereocenters. The summed E-state index contributed by atoms with van der Waals surface area (Å²) in [6, 6.07) is 8.08. The van der Waals surface area contributed by atoms with E-state index in [1.54, 1.807) is 0 Å². The second kappa shape index (κ2) is 6.87. The fraction of sp³-hybridized carbons (Fsp3) is 0.579. The average molecular weight is 378 g/mol. The fourth-order valence-electron chi connectivity index (χ4n) is 4.02. The summed E-state index contributed by atoms with van der Waals surface area (Å²) in [5.41, 5.74) is 0.213.